The number of sulfonamides is 1. The summed E-state index contributed by atoms with van der Waals surface area (Å²) in [6.07, 6.45) is 2.90. The average molecular weight is 347 g/mol. The van der Waals surface area contributed by atoms with E-state index in [2.05, 4.69) is 11.9 Å². The van der Waals surface area contributed by atoms with Crippen molar-refractivity contribution in [1.29, 1.82) is 0 Å². The van der Waals surface area contributed by atoms with Gasteiger partial charge in [0.05, 0.1) is 4.90 Å². The van der Waals surface area contributed by atoms with Crippen LogP contribution in [0.5, 0.6) is 0 Å². The van der Waals surface area contributed by atoms with Gasteiger partial charge < -0.3 is 4.90 Å². The molecule has 0 aliphatic carbocycles. The van der Waals surface area contributed by atoms with Gasteiger partial charge in [-0.25, -0.2) is 12.8 Å². The topological polar surface area (TPSA) is 40.6 Å². The maximum Gasteiger partial charge on any atom is 0.243 e. The van der Waals surface area contributed by atoms with Crippen LogP contribution in [0.2, 0.25) is 5.02 Å². The molecule has 2 fully saturated rings. The lowest BCUT2D eigenvalue weighted by atomic mass is 9.78. The molecule has 7 heteroatoms. The van der Waals surface area contributed by atoms with E-state index in [9.17, 15) is 12.8 Å². The van der Waals surface area contributed by atoms with Crippen molar-refractivity contribution in [2.75, 3.05) is 33.2 Å². The second-order valence-corrected chi connectivity index (χ2v) is 8.87. The molecular weight excluding hydrogens is 327 g/mol. The summed E-state index contributed by atoms with van der Waals surface area (Å²) in [5, 5.41) is 0.103. The lowest BCUT2D eigenvalue weighted by molar-refractivity contribution is 0.134. The summed E-state index contributed by atoms with van der Waals surface area (Å²) in [6, 6.07) is 3.48. The zero-order valence-electron chi connectivity index (χ0n) is 12.6. The number of hydrogen-bond donors (Lipinski definition) is 0. The van der Waals surface area contributed by atoms with Crippen molar-refractivity contribution < 1.29 is 12.8 Å². The highest BCUT2D eigenvalue weighted by atomic mass is 35.5. The minimum Gasteiger partial charge on any atom is -0.306 e. The van der Waals surface area contributed by atoms with Crippen molar-refractivity contribution in [3.05, 3.63) is 29.0 Å². The molecular formula is C15H20ClFN2O2S. The van der Waals surface area contributed by atoms with Crippen molar-refractivity contribution in [2.24, 2.45) is 5.41 Å². The smallest absolute Gasteiger partial charge is 0.243 e. The molecule has 0 saturated carbocycles. The summed E-state index contributed by atoms with van der Waals surface area (Å²) in [4.78, 5) is 2.22. The molecule has 2 heterocycles. The number of piperidine rings is 1. The van der Waals surface area contributed by atoms with Crippen molar-refractivity contribution in [3.8, 4) is 0 Å². The first kappa shape index (κ1) is 16.2. The van der Waals surface area contributed by atoms with Crippen LogP contribution < -0.4 is 0 Å². The van der Waals surface area contributed by atoms with E-state index in [1.54, 1.807) is 0 Å². The van der Waals surface area contributed by atoms with Gasteiger partial charge in [-0.2, -0.15) is 4.31 Å². The first-order valence-corrected chi connectivity index (χ1v) is 9.27. The monoisotopic (exact) mass is 346 g/mol. The molecule has 0 bridgehead atoms. The van der Waals surface area contributed by atoms with Gasteiger partial charge in [0.2, 0.25) is 10.0 Å². The molecule has 2 aliphatic rings. The van der Waals surface area contributed by atoms with Crippen molar-refractivity contribution in [1.82, 2.24) is 9.21 Å². The van der Waals surface area contributed by atoms with Crippen molar-refractivity contribution >= 4 is 21.6 Å². The van der Waals surface area contributed by atoms with Crippen LogP contribution in [0.4, 0.5) is 4.39 Å². The van der Waals surface area contributed by atoms with Crippen LogP contribution in [0, 0.1) is 11.2 Å². The number of nitrogens with zero attached hydrogens (tertiary/aromatic N) is 2. The minimum atomic E-state index is -3.68. The van der Waals surface area contributed by atoms with E-state index in [0.29, 0.717) is 13.1 Å². The Balaban J connectivity index is 1.82. The zero-order chi connectivity index (χ0) is 16.0. The molecule has 0 atom stereocenters. The van der Waals surface area contributed by atoms with Gasteiger partial charge in [-0.1, -0.05) is 11.6 Å². The molecule has 3 rings (SSSR count). The Bertz CT molecular complexity index is 652. The van der Waals surface area contributed by atoms with Crippen LogP contribution in [-0.4, -0.2) is 50.8 Å². The first-order chi connectivity index (χ1) is 10.3. The van der Waals surface area contributed by atoms with Crippen LogP contribution in [0.1, 0.15) is 19.3 Å². The van der Waals surface area contributed by atoms with Gasteiger partial charge in [0.15, 0.2) is 0 Å². The molecule has 0 amide bonds. The van der Waals surface area contributed by atoms with E-state index < -0.39 is 15.8 Å². The second-order valence-electron chi connectivity index (χ2n) is 6.50. The number of halogens is 2. The van der Waals surface area contributed by atoms with Crippen LogP contribution in [0.3, 0.4) is 0 Å². The lowest BCUT2D eigenvalue weighted by Gasteiger charge is -2.37. The third-order valence-corrected chi connectivity index (χ3v) is 6.97. The number of hydrogen-bond acceptors (Lipinski definition) is 3. The molecule has 4 nitrogen and oxygen atoms in total. The van der Waals surface area contributed by atoms with E-state index >= 15 is 0 Å². The van der Waals surface area contributed by atoms with Crippen LogP contribution in [-0.2, 0) is 10.0 Å². The molecule has 1 aromatic rings. The summed E-state index contributed by atoms with van der Waals surface area (Å²) >= 11 is 5.79. The highest BCUT2D eigenvalue weighted by Crippen LogP contribution is 2.42. The van der Waals surface area contributed by atoms with Crippen LogP contribution in [0.15, 0.2) is 23.1 Å². The molecule has 0 radical (unpaired) electrons. The van der Waals surface area contributed by atoms with Gasteiger partial charge in [0.1, 0.15) is 5.82 Å². The molecule has 0 aromatic heterocycles. The largest absolute Gasteiger partial charge is 0.306 e. The third kappa shape index (κ3) is 3.02. The normalized spacial score (nSPS) is 23.2. The lowest BCUT2D eigenvalue weighted by Crippen LogP contribution is -2.40. The number of benzene rings is 1. The number of rotatable bonds is 2. The van der Waals surface area contributed by atoms with E-state index in [0.717, 1.165) is 44.5 Å². The van der Waals surface area contributed by atoms with Gasteiger partial charge in [-0.15, -0.1) is 0 Å². The third-order valence-electron chi connectivity index (χ3n) is 4.92. The molecule has 22 heavy (non-hydrogen) atoms. The van der Waals surface area contributed by atoms with E-state index in [1.807, 2.05) is 0 Å². The molecule has 0 N–H and O–H groups in total. The highest BCUT2D eigenvalue weighted by Gasteiger charge is 2.44. The molecule has 1 spiro atoms. The highest BCUT2D eigenvalue weighted by molar-refractivity contribution is 7.89. The molecule has 1 aromatic carbocycles. The first-order valence-electron chi connectivity index (χ1n) is 7.46. The SMILES string of the molecule is CN1CCC2(CC1)CCN(S(=O)(=O)c1cc(F)cc(Cl)c1)C2. The van der Waals surface area contributed by atoms with Gasteiger partial charge >= 0.3 is 0 Å². The standard InChI is InChI=1S/C15H20ClFN2O2S/c1-18-5-2-15(3-6-18)4-7-19(11-15)22(20,21)14-9-12(16)8-13(17)10-14/h8-10H,2-7,11H2,1H3. The predicted octanol–water partition coefficient (Wildman–Crippen LogP) is 2.59. The Kier molecular flexibility index (Phi) is 4.22. The van der Waals surface area contributed by atoms with Gasteiger partial charge in [-0.05, 0) is 63.0 Å². The summed E-state index contributed by atoms with van der Waals surface area (Å²) in [6.45, 7) is 3.02. The Labute approximate surface area is 135 Å². The van der Waals surface area contributed by atoms with E-state index in [1.165, 1.54) is 10.4 Å². The summed E-state index contributed by atoms with van der Waals surface area (Å²) in [5.74, 6) is -0.626. The Hall–Kier alpha value is -0.690. The summed E-state index contributed by atoms with van der Waals surface area (Å²) < 4.78 is 40.4. The predicted molar refractivity (Wildman–Crippen MR) is 83.9 cm³/mol. The fourth-order valence-electron chi connectivity index (χ4n) is 3.43. The maximum atomic E-state index is 13.5. The average Bonchev–Trinajstić information content (AvgIpc) is 2.86. The quantitative estimate of drug-likeness (QED) is 0.826. The fraction of sp³-hybridized carbons (Fsp3) is 0.600. The Morgan fingerprint density at radius 2 is 1.77 bits per heavy atom. The fourth-order valence-corrected chi connectivity index (χ4v) is 5.32. The van der Waals surface area contributed by atoms with Crippen molar-refractivity contribution in [2.45, 2.75) is 24.2 Å². The van der Waals surface area contributed by atoms with Crippen LogP contribution in [0.25, 0.3) is 0 Å². The maximum absolute atomic E-state index is 13.5. The van der Waals surface area contributed by atoms with E-state index in [-0.39, 0.29) is 15.3 Å². The molecule has 122 valence electrons. The molecule has 2 aliphatic heterocycles. The van der Waals surface area contributed by atoms with Gasteiger partial charge in [0.25, 0.3) is 0 Å². The molecule has 2 saturated heterocycles. The Morgan fingerprint density at radius 1 is 1.14 bits per heavy atom. The summed E-state index contributed by atoms with van der Waals surface area (Å²) in [5.41, 5.74) is 0.0801. The Morgan fingerprint density at radius 3 is 2.41 bits per heavy atom. The van der Waals surface area contributed by atoms with Gasteiger partial charge in [-0.3, -0.25) is 0 Å². The minimum absolute atomic E-state index is 0.0533. The summed E-state index contributed by atoms with van der Waals surface area (Å²) in [7, 11) is -1.59. The van der Waals surface area contributed by atoms with E-state index in [4.69, 9.17) is 11.6 Å². The van der Waals surface area contributed by atoms with Crippen molar-refractivity contribution in [3.63, 3.8) is 0 Å². The zero-order valence-corrected chi connectivity index (χ0v) is 14.1. The number of likely N-dealkylation sites (tertiary alicyclic amines) is 1. The van der Waals surface area contributed by atoms with Gasteiger partial charge in [0, 0.05) is 18.1 Å². The second kappa shape index (κ2) is 5.74. The molecule has 0 unspecified atom stereocenters. The van der Waals surface area contributed by atoms with Crippen LogP contribution >= 0.6 is 11.6 Å².